The Bertz CT molecular complexity index is 601. The quantitative estimate of drug-likeness (QED) is 0.844. The molecule has 0 radical (unpaired) electrons. The summed E-state index contributed by atoms with van der Waals surface area (Å²) in [6.45, 7) is 4.12. The molecule has 2 rings (SSSR count). The molecule has 0 aliphatic carbocycles. The molecule has 3 heteroatoms. The van der Waals surface area contributed by atoms with Crippen LogP contribution in [0.15, 0.2) is 35.1 Å². The number of aryl methyl sites for hydroxylation is 2. The highest BCUT2D eigenvalue weighted by molar-refractivity contribution is 9.08. The van der Waals surface area contributed by atoms with Crippen LogP contribution in [0.4, 0.5) is 0 Å². The predicted molar refractivity (Wildman–Crippen MR) is 74.6 cm³/mol. The zero-order valence-corrected chi connectivity index (χ0v) is 11.5. The van der Waals surface area contributed by atoms with E-state index in [1.165, 1.54) is 11.1 Å². The number of nitrogens with one attached hydrogen (secondary N) is 1. The van der Waals surface area contributed by atoms with Crippen LogP contribution in [0.5, 0.6) is 0 Å². The molecule has 88 valence electrons. The van der Waals surface area contributed by atoms with Gasteiger partial charge in [0, 0.05) is 22.2 Å². The average molecular weight is 292 g/mol. The van der Waals surface area contributed by atoms with Gasteiger partial charge in [0.15, 0.2) is 0 Å². The Hall–Kier alpha value is -1.35. The van der Waals surface area contributed by atoms with E-state index in [9.17, 15) is 4.79 Å². The molecule has 0 atom stereocenters. The lowest BCUT2D eigenvalue weighted by atomic mass is 10.0. The summed E-state index contributed by atoms with van der Waals surface area (Å²) >= 11 is 3.29. The van der Waals surface area contributed by atoms with Crippen molar-refractivity contribution in [3.05, 3.63) is 57.4 Å². The Balaban J connectivity index is 2.54. The van der Waals surface area contributed by atoms with Gasteiger partial charge in [0.05, 0.1) is 0 Å². The van der Waals surface area contributed by atoms with E-state index in [1.54, 1.807) is 0 Å². The van der Waals surface area contributed by atoms with Gasteiger partial charge >= 0.3 is 0 Å². The summed E-state index contributed by atoms with van der Waals surface area (Å²) in [6, 6.07) is 10.0. The third-order valence-electron chi connectivity index (χ3n) is 2.81. The lowest BCUT2D eigenvalue weighted by Crippen LogP contribution is -2.11. The molecule has 0 aliphatic heterocycles. The molecular weight excluding hydrogens is 278 g/mol. The molecule has 0 saturated heterocycles. The van der Waals surface area contributed by atoms with Crippen LogP contribution in [0.25, 0.3) is 11.3 Å². The Kier molecular flexibility index (Phi) is 3.48. The molecule has 1 heterocycles. The van der Waals surface area contributed by atoms with E-state index < -0.39 is 0 Å². The van der Waals surface area contributed by atoms with Crippen LogP contribution in [0.2, 0.25) is 0 Å². The van der Waals surface area contributed by atoms with Crippen molar-refractivity contribution >= 4 is 15.9 Å². The lowest BCUT2D eigenvalue weighted by molar-refractivity contribution is 1.17. The molecule has 1 aromatic carbocycles. The fraction of sp³-hybridized carbons (Fsp3) is 0.214. The monoisotopic (exact) mass is 291 g/mol. The molecule has 0 aliphatic rings. The molecule has 0 unspecified atom stereocenters. The molecular formula is C14H14BrNO. The number of hydrogen-bond donors (Lipinski definition) is 1. The number of H-pyrrole nitrogens is 1. The highest BCUT2D eigenvalue weighted by Gasteiger charge is 2.04. The molecule has 0 saturated carbocycles. The third kappa shape index (κ3) is 2.50. The molecule has 0 fully saturated rings. The van der Waals surface area contributed by atoms with Gasteiger partial charge in [0.2, 0.25) is 0 Å². The van der Waals surface area contributed by atoms with Crippen LogP contribution in [-0.4, -0.2) is 4.98 Å². The maximum Gasteiger partial charge on any atom is 0.252 e. The Labute approximate surface area is 109 Å². The fourth-order valence-corrected chi connectivity index (χ4v) is 2.32. The second-order valence-electron chi connectivity index (χ2n) is 4.18. The van der Waals surface area contributed by atoms with E-state index >= 15 is 0 Å². The van der Waals surface area contributed by atoms with Crippen LogP contribution in [0.3, 0.4) is 0 Å². The summed E-state index contributed by atoms with van der Waals surface area (Å²) in [6.07, 6.45) is 0. The first-order valence-electron chi connectivity index (χ1n) is 5.47. The van der Waals surface area contributed by atoms with Gasteiger partial charge in [0.1, 0.15) is 0 Å². The first-order chi connectivity index (χ1) is 8.11. The molecule has 17 heavy (non-hydrogen) atoms. The summed E-state index contributed by atoms with van der Waals surface area (Å²) in [4.78, 5) is 14.7. The maximum atomic E-state index is 11.7. The summed E-state index contributed by atoms with van der Waals surface area (Å²) in [5.41, 5.74) is 5.07. The van der Waals surface area contributed by atoms with Crippen molar-refractivity contribution in [1.82, 2.24) is 4.98 Å². The lowest BCUT2D eigenvalue weighted by Gasteiger charge is -2.07. The van der Waals surface area contributed by atoms with E-state index in [2.05, 4.69) is 46.9 Å². The van der Waals surface area contributed by atoms with Crippen molar-refractivity contribution in [2.75, 3.05) is 0 Å². The van der Waals surface area contributed by atoms with Crippen LogP contribution in [0.1, 0.15) is 16.7 Å². The normalized spacial score (nSPS) is 10.5. The highest BCUT2D eigenvalue weighted by atomic mass is 79.9. The zero-order valence-electron chi connectivity index (χ0n) is 9.88. The number of aromatic amines is 1. The van der Waals surface area contributed by atoms with Crippen molar-refractivity contribution < 1.29 is 0 Å². The van der Waals surface area contributed by atoms with Crippen LogP contribution < -0.4 is 5.56 Å². The van der Waals surface area contributed by atoms with Crippen molar-refractivity contribution in [1.29, 1.82) is 0 Å². The van der Waals surface area contributed by atoms with Crippen molar-refractivity contribution in [2.45, 2.75) is 19.2 Å². The van der Waals surface area contributed by atoms with Gasteiger partial charge in [-0.3, -0.25) is 4.79 Å². The number of benzene rings is 1. The molecule has 1 N–H and O–H groups in total. The first-order valence-corrected chi connectivity index (χ1v) is 6.60. The van der Waals surface area contributed by atoms with Gasteiger partial charge in [-0.1, -0.05) is 45.8 Å². The standard InChI is InChI=1S/C14H14BrNO/c1-9-3-5-12(10(2)7-9)13-6-4-11(8-15)14(17)16-13/h3-7H,8H2,1-2H3,(H,16,17). The van der Waals surface area contributed by atoms with Crippen LogP contribution >= 0.6 is 15.9 Å². The van der Waals surface area contributed by atoms with Crippen molar-refractivity contribution in [2.24, 2.45) is 0 Å². The minimum Gasteiger partial charge on any atom is -0.322 e. The molecule has 0 bridgehead atoms. The van der Waals surface area contributed by atoms with E-state index in [-0.39, 0.29) is 5.56 Å². The SMILES string of the molecule is Cc1ccc(-c2ccc(CBr)c(=O)[nH]2)c(C)c1. The van der Waals surface area contributed by atoms with Crippen molar-refractivity contribution in [3.63, 3.8) is 0 Å². The van der Waals surface area contributed by atoms with E-state index in [4.69, 9.17) is 0 Å². The molecule has 2 aromatic rings. The largest absolute Gasteiger partial charge is 0.322 e. The number of alkyl halides is 1. The Morgan fingerprint density at radius 3 is 2.53 bits per heavy atom. The molecule has 0 amide bonds. The minimum absolute atomic E-state index is 0.0284. The molecule has 2 nitrogen and oxygen atoms in total. The zero-order chi connectivity index (χ0) is 12.4. The summed E-state index contributed by atoms with van der Waals surface area (Å²) in [7, 11) is 0. The number of pyridine rings is 1. The average Bonchev–Trinajstić information content (AvgIpc) is 2.29. The summed E-state index contributed by atoms with van der Waals surface area (Å²) in [5, 5.41) is 0.579. The topological polar surface area (TPSA) is 32.9 Å². The molecule has 1 aromatic heterocycles. The fourth-order valence-electron chi connectivity index (χ4n) is 1.88. The Morgan fingerprint density at radius 2 is 1.94 bits per heavy atom. The minimum atomic E-state index is -0.0284. The van der Waals surface area contributed by atoms with Gasteiger partial charge in [-0.2, -0.15) is 0 Å². The van der Waals surface area contributed by atoms with E-state index in [0.29, 0.717) is 5.33 Å². The van der Waals surface area contributed by atoms with Gasteiger partial charge in [-0.05, 0) is 25.5 Å². The van der Waals surface area contributed by atoms with E-state index in [0.717, 1.165) is 16.8 Å². The summed E-state index contributed by atoms with van der Waals surface area (Å²) in [5.74, 6) is 0. The van der Waals surface area contributed by atoms with Gasteiger partial charge in [0.25, 0.3) is 5.56 Å². The summed E-state index contributed by atoms with van der Waals surface area (Å²) < 4.78 is 0. The first kappa shape index (κ1) is 12.1. The number of halogens is 1. The van der Waals surface area contributed by atoms with Crippen LogP contribution in [0, 0.1) is 13.8 Å². The van der Waals surface area contributed by atoms with Gasteiger partial charge < -0.3 is 4.98 Å². The second-order valence-corrected chi connectivity index (χ2v) is 4.74. The van der Waals surface area contributed by atoms with Gasteiger partial charge in [-0.25, -0.2) is 0 Å². The Morgan fingerprint density at radius 1 is 1.18 bits per heavy atom. The second kappa shape index (κ2) is 4.88. The molecule has 0 spiro atoms. The predicted octanol–water partition coefficient (Wildman–Crippen LogP) is 3.55. The third-order valence-corrected chi connectivity index (χ3v) is 3.41. The van der Waals surface area contributed by atoms with E-state index in [1.807, 2.05) is 18.2 Å². The smallest absolute Gasteiger partial charge is 0.252 e. The highest BCUT2D eigenvalue weighted by Crippen LogP contribution is 2.21. The number of rotatable bonds is 2. The maximum absolute atomic E-state index is 11.7. The van der Waals surface area contributed by atoms with Gasteiger partial charge in [-0.15, -0.1) is 0 Å². The van der Waals surface area contributed by atoms with Crippen LogP contribution in [-0.2, 0) is 5.33 Å². The number of aromatic nitrogens is 1. The van der Waals surface area contributed by atoms with Crippen molar-refractivity contribution in [3.8, 4) is 11.3 Å². The number of hydrogen-bond acceptors (Lipinski definition) is 1.